The number of hydrogen-bond donors (Lipinski definition) is 2. The van der Waals surface area contributed by atoms with E-state index in [1.165, 1.54) is 5.56 Å². The molecule has 0 unspecified atom stereocenters. The lowest BCUT2D eigenvalue weighted by molar-refractivity contribution is 0.353. The van der Waals surface area contributed by atoms with Gasteiger partial charge in [-0.15, -0.1) is 0 Å². The van der Waals surface area contributed by atoms with Crippen LogP contribution >= 0.6 is 35.4 Å². The summed E-state index contributed by atoms with van der Waals surface area (Å²) in [5, 5.41) is 6.01. The summed E-state index contributed by atoms with van der Waals surface area (Å²) in [6.07, 6.45) is 2.79. The van der Waals surface area contributed by atoms with Crippen molar-refractivity contribution in [3.05, 3.63) is 82.0 Å². The summed E-state index contributed by atoms with van der Waals surface area (Å²) < 4.78 is 16.3. The van der Waals surface area contributed by atoms with E-state index in [4.69, 9.17) is 49.6 Å². The molecule has 0 aliphatic heterocycles. The summed E-state index contributed by atoms with van der Waals surface area (Å²) in [5.41, 5.74) is 3.96. The summed E-state index contributed by atoms with van der Waals surface area (Å²) >= 11 is 18.3. The first-order valence-corrected chi connectivity index (χ1v) is 12.4. The quantitative estimate of drug-likeness (QED) is 0.223. The van der Waals surface area contributed by atoms with E-state index >= 15 is 0 Å². The van der Waals surface area contributed by atoms with Gasteiger partial charge >= 0.3 is 0 Å². The van der Waals surface area contributed by atoms with Crippen LogP contribution < -0.4 is 19.5 Å². The number of ether oxygens (including phenoxy) is 3. The molecule has 1 heterocycles. The van der Waals surface area contributed by atoms with Crippen molar-refractivity contribution in [3.63, 3.8) is 0 Å². The van der Waals surface area contributed by atoms with Gasteiger partial charge in [0, 0.05) is 35.2 Å². The summed E-state index contributed by atoms with van der Waals surface area (Å²) in [4.78, 5) is 5.44. The number of thiocarbonyl (C=S) groups is 1. The molecule has 0 amide bonds. The van der Waals surface area contributed by atoms with Gasteiger partial charge in [-0.05, 0) is 78.3 Å². The van der Waals surface area contributed by atoms with Crippen LogP contribution in [-0.2, 0) is 13.0 Å². The molecule has 0 bridgehead atoms. The second-order valence-electron chi connectivity index (χ2n) is 8.14. The third-order valence-electron chi connectivity index (χ3n) is 5.91. The van der Waals surface area contributed by atoms with E-state index in [1.807, 2.05) is 48.7 Å². The fourth-order valence-electron chi connectivity index (χ4n) is 3.98. The number of anilines is 1. The summed E-state index contributed by atoms with van der Waals surface area (Å²) in [5.74, 6) is 2.16. The number of halogens is 2. The Morgan fingerprint density at radius 3 is 2.47 bits per heavy atom. The molecule has 9 heteroatoms. The van der Waals surface area contributed by atoms with Crippen LogP contribution in [0.2, 0.25) is 10.0 Å². The molecule has 6 nitrogen and oxygen atoms in total. The van der Waals surface area contributed by atoms with Crippen molar-refractivity contribution in [3.8, 4) is 17.2 Å². The van der Waals surface area contributed by atoms with Crippen LogP contribution in [0.5, 0.6) is 17.2 Å². The Balaban J connectivity index is 1.59. The van der Waals surface area contributed by atoms with Crippen LogP contribution in [0.25, 0.3) is 10.9 Å². The lowest BCUT2D eigenvalue weighted by Gasteiger charge is -2.27. The number of nitrogens with one attached hydrogen (secondary N) is 2. The molecule has 0 saturated heterocycles. The molecule has 0 saturated carbocycles. The predicted molar refractivity (Wildman–Crippen MR) is 151 cm³/mol. The zero-order chi connectivity index (χ0) is 25.7. The predicted octanol–water partition coefficient (Wildman–Crippen LogP) is 6.94. The molecular formula is C27H27Cl2N3O3S. The van der Waals surface area contributed by atoms with Crippen molar-refractivity contribution in [2.45, 2.75) is 13.0 Å². The first-order chi connectivity index (χ1) is 17.4. The highest BCUT2D eigenvalue weighted by molar-refractivity contribution is 7.80. The fraction of sp³-hybridized carbons (Fsp3) is 0.222. The molecule has 3 aromatic carbocycles. The number of methoxy groups -OCH3 is 3. The third kappa shape index (κ3) is 5.98. The SMILES string of the molecule is COc1ccc2[nH]cc(CCN(Cc3ccc(OC)c(OC)c3)C(=S)Nc3ccc(Cl)cc3Cl)c2c1. The van der Waals surface area contributed by atoms with E-state index in [-0.39, 0.29) is 0 Å². The number of H-pyrrole nitrogens is 1. The Kier molecular flexibility index (Phi) is 8.46. The third-order valence-corrected chi connectivity index (χ3v) is 6.82. The van der Waals surface area contributed by atoms with Crippen molar-refractivity contribution in [2.75, 3.05) is 33.2 Å². The minimum Gasteiger partial charge on any atom is -0.497 e. The average Bonchev–Trinajstić information content (AvgIpc) is 3.29. The Bertz CT molecular complexity index is 1380. The highest BCUT2D eigenvalue weighted by Crippen LogP contribution is 2.30. The van der Waals surface area contributed by atoms with Gasteiger partial charge in [0.2, 0.25) is 0 Å². The second-order valence-corrected chi connectivity index (χ2v) is 9.37. The molecule has 0 aliphatic carbocycles. The van der Waals surface area contributed by atoms with E-state index in [0.717, 1.165) is 28.6 Å². The van der Waals surface area contributed by atoms with Crippen LogP contribution in [0, 0.1) is 0 Å². The number of hydrogen-bond acceptors (Lipinski definition) is 4. The maximum Gasteiger partial charge on any atom is 0.173 e. The van der Waals surface area contributed by atoms with Crippen LogP contribution in [-0.4, -0.2) is 42.9 Å². The van der Waals surface area contributed by atoms with Crippen LogP contribution in [0.4, 0.5) is 5.69 Å². The van der Waals surface area contributed by atoms with E-state index < -0.39 is 0 Å². The van der Waals surface area contributed by atoms with Crippen molar-refractivity contribution < 1.29 is 14.2 Å². The molecule has 36 heavy (non-hydrogen) atoms. The Hall–Kier alpha value is -3.13. The number of rotatable bonds is 9. The van der Waals surface area contributed by atoms with E-state index in [9.17, 15) is 0 Å². The minimum atomic E-state index is 0.500. The summed E-state index contributed by atoms with van der Waals surface area (Å²) in [6.45, 7) is 1.22. The van der Waals surface area contributed by atoms with Gasteiger partial charge in [0.05, 0.1) is 32.0 Å². The maximum atomic E-state index is 6.39. The van der Waals surface area contributed by atoms with Crippen molar-refractivity contribution in [1.29, 1.82) is 0 Å². The van der Waals surface area contributed by atoms with Gasteiger partial charge in [-0.25, -0.2) is 0 Å². The number of benzene rings is 3. The van der Waals surface area contributed by atoms with Gasteiger partial charge in [-0.1, -0.05) is 29.3 Å². The molecule has 0 atom stereocenters. The van der Waals surface area contributed by atoms with Crippen molar-refractivity contribution in [2.24, 2.45) is 0 Å². The van der Waals surface area contributed by atoms with E-state index in [1.54, 1.807) is 33.5 Å². The van der Waals surface area contributed by atoms with Crippen LogP contribution in [0.1, 0.15) is 11.1 Å². The molecule has 1 aromatic heterocycles. The number of nitrogens with zero attached hydrogens (tertiary/aromatic N) is 1. The second kappa shape index (κ2) is 11.7. The minimum absolute atomic E-state index is 0.500. The van der Waals surface area contributed by atoms with Gasteiger partial charge in [-0.3, -0.25) is 0 Å². The molecule has 0 spiro atoms. The molecule has 0 radical (unpaired) electrons. The fourth-order valence-corrected chi connectivity index (χ4v) is 4.71. The maximum absolute atomic E-state index is 6.39. The van der Waals surface area contributed by atoms with Gasteiger partial charge in [0.1, 0.15) is 5.75 Å². The number of aromatic amines is 1. The first-order valence-electron chi connectivity index (χ1n) is 11.3. The highest BCUT2D eigenvalue weighted by Gasteiger charge is 2.16. The van der Waals surface area contributed by atoms with Crippen LogP contribution in [0.3, 0.4) is 0 Å². The smallest absolute Gasteiger partial charge is 0.173 e. The molecule has 0 aliphatic rings. The Morgan fingerprint density at radius 1 is 0.944 bits per heavy atom. The van der Waals surface area contributed by atoms with Crippen LogP contribution in [0.15, 0.2) is 60.8 Å². The van der Waals surface area contributed by atoms with E-state index in [0.29, 0.717) is 45.4 Å². The summed E-state index contributed by atoms with van der Waals surface area (Å²) in [7, 11) is 4.92. The number of fused-ring (bicyclic) bond motifs is 1. The molecular weight excluding hydrogens is 517 g/mol. The monoisotopic (exact) mass is 543 g/mol. The molecule has 0 fully saturated rings. The Labute approximate surface area is 226 Å². The van der Waals surface area contributed by atoms with E-state index in [2.05, 4.69) is 15.2 Å². The summed E-state index contributed by atoms with van der Waals surface area (Å²) in [6, 6.07) is 17.1. The standard InChI is InChI=1S/C27H27Cl2N3O3S/c1-33-20-6-8-23-21(14-20)18(15-30-23)10-11-32(16-17-4-9-25(34-2)26(12-17)35-3)27(36)31-24-7-5-19(28)13-22(24)29/h4-9,12-15,30H,10-11,16H2,1-3H3,(H,31,36). The van der Waals surface area contributed by atoms with Crippen molar-refractivity contribution >= 4 is 57.1 Å². The molecule has 4 aromatic rings. The highest BCUT2D eigenvalue weighted by atomic mass is 35.5. The zero-order valence-corrected chi connectivity index (χ0v) is 22.6. The zero-order valence-electron chi connectivity index (χ0n) is 20.2. The molecule has 4 rings (SSSR count). The topological polar surface area (TPSA) is 58.8 Å². The lowest BCUT2D eigenvalue weighted by Crippen LogP contribution is -2.36. The lowest BCUT2D eigenvalue weighted by atomic mass is 10.1. The first kappa shape index (κ1) is 25.9. The Morgan fingerprint density at radius 2 is 1.75 bits per heavy atom. The normalized spacial score (nSPS) is 10.8. The molecule has 2 N–H and O–H groups in total. The van der Waals surface area contributed by atoms with Gasteiger partial charge in [0.15, 0.2) is 16.6 Å². The van der Waals surface area contributed by atoms with Gasteiger partial charge in [0.25, 0.3) is 0 Å². The van der Waals surface area contributed by atoms with Crippen molar-refractivity contribution in [1.82, 2.24) is 9.88 Å². The van der Waals surface area contributed by atoms with Gasteiger partial charge in [-0.2, -0.15) is 0 Å². The largest absolute Gasteiger partial charge is 0.497 e. The average molecular weight is 545 g/mol. The van der Waals surface area contributed by atoms with Gasteiger partial charge < -0.3 is 29.4 Å². The number of aromatic nitrogens is 1. The molecule has 188 valence electrons.